The summed E-state index contributed by atoms with van der Waals surface area (Å²) in [7, 11) is 3.08. The normalized spacial score (nSPS) is 10.5. The number of methoxy groups -OCH3 is 2. The van der Waals surface area contributed by atoms with Crippen LogP contribution in [0.1, 0.15) is 21.8 Å². The molecule has 0 saturated carbocycles. The molecule has 140 valence electrons. The highest BCUT2D eigenvalue weighted by atomic mass is 16.6. The molecule has 0 fully saturated rings. The number of nitrogens with zero attached hydrogens (tertiary/aromatic N) is 2. The topological polar surface area (TPSA) is 104 Å². The van der Waals surface area contributed by atoms with Crippen molar-refractivity contribution in [1.29, 1.82) is 0 Å². The average molecular weight is 370 g/mol. The smallest absolute Gasteiger partial charge is 0.342 e. The molecule has 2 aromatic carbocycles. The number of aromatic hydroxyl groups is 1. The summed E-state index contributed by atoms with van der Waals surface area (Å²) in [5, 5.41) is 13.7. The standard InChI is InChI=1S/C19H18N2O6/c1-11-4-6-13(15(22)8-11)19(23)26-10-17-20-18(21-27-17)14-7-5-12(24-2)9-16(14)25-3/h4-9,22H,10H2,1-3H3. The lowest BCUT2D eigenvalue weighted by Crippen LogP contribution is -2.06. The maximum Gasteiger partial charge on any atom is 0.342 e. The lowest BCUT2D eigenvalue weighted by molar-refractivity contribution is 0.0426. The van der Waals surface area contributed by atoms with E-state index in [0.717, 1.165) is 5.56 Å². The molecular weight excluding hydrogens is 352 g/mol. The number of aromatic nitrogens is 2. The van der Waals surface area contributed by atoms with Gasteiger partial charge in [-0.3, -0.25) is 0 Å². The summed E-state index contributed by atoms with van der Waals surface area (Å²) in [4.78, 5) is 16.3. The molecule has 3 aromatic rings. The molecule has 8 heteroatoms. The van der Waals surface area contributed by atoms with Crippen LogP contribution in [0, 0.1) is 6.92 Å². The molecule has 0 aliphatic heterocycles. The molecule has 0 saturated heterocycles. The van der Waals surface area contributed by atoms with E-state index in [-0.39, 0.29) is 23.8 Å². The predicted molar refractivity (Wildman–Crippen MR) is 94.8 cm³/mol. The fraction of sp³-hybridized carbons (Fsp3) is 0.211. The van der Waals surface area contributed by atoms with Gasteiger partial charge in [0.25, 0.3) is 5.89 Å². The van der Waals surface area contributed by atoms with Gasteiger partial charge < -0.3 is 23.8 Å². The monoisotopic (exact) mass is 370 g/mol. The van der Waals surface area contributed by atoms with Crippen LogP contribution in [0.4, 0.5) is 0 Å². The van der Waals surface area contributed by atoms with Gasteiger partial charge in [-0.1, -0.05) is 11.2 Å². The van der Waals surface area contributed by atoms with Crippen LogP contribution >= 0.6 is 0 Å². The first-order chi connectivity index (χ1) is 13.0. The zero-order valence-corrected chi connectivity index (χ0v) is 15.1. The van der Waals surface area contributed by atoms with Gasteiger partial charge in [0.2, 0.25) is 5.82 Å². The number of rotatable bonds is 6. The zero-order valence-electron chi connectivity index (χ0n) is 15.1. The van der Waals surface area contributed by atoms with Gasteiger partial charge >= 0.3 is 5.97 Å². The summed E-state index contributed by atoms with van der Waals surface area (Å²) < 4.78 is 20.7. The van der Waals surface area contributed by atoms with Crippen molar-refractivity contribution in [3.8, 4) is 28.6 Å². The Hall–Kier alpha value is -3.55. The highest BCUT2D eigenvalue weighted by molar-refractivity contribution is 5.92. The third-order valence-corrected chi connectivity index (χ3v) is 3.82. The predicted octanol–water partition coefficient (Wildman–Crippen LogP) is 3.12. The number of phenolic OH excluding ortho intramolecular Hbond substituents is 1. The third kappa shape index (κ3) is 4.00. The van der Waals surface area contributed by atoms with Crippen molar-refractivity contribution < 1.29 is 28.6 Å². The van der Waals surface area contributed by atoms with Crippen LogP contribution in [0.25, 0.3) is 11.4 Å². The van der Waals surface area contributed by atoms with Gasteiger partial charge in [0.15, 0.2) is 6.61 Å². The van der Waals surface area contributed by atoms with E-state index in [2.05, 4.69) is 10.1 Å². The molecule has 1 aromatic heterocycles. The minimum Gasteiger partial charge on any atom is -0.507 e. The molecule has 0 amide bonds. The lowest BCUT2D eigenvalue weighted by Gasteiger charge is -2.07. The van der Waals surface area contributed by atoms with Crippen LogP contribution in [-0.4, -0.2) is 35.4 Å². The lowest BCUT2D eigenvalue weighted by atomic mass is 10.1. The molecule has 27 heavy (non-hydrogen) atoms. The summed E-state index contributed by atoms with van der Waals surface area (Å²) in [6.45, 7) is 1.58. The molecule has 0 bridgehead atoms. The van der Waals surface area contributed by atoms with Gasteiger partial charge in [-0.25, -0.2) is 4.79 Å². The van der Waals surface area contributed by atoms with Crippen LogP contribution in [0.5, 0.6) is 17.2 Å². The van der Waals surface area contributed by atoms with Crippen molar-refractivity contribution >= 4 is 5.97 Å². The van der Waals surface area contributed by atoms with E-state index in [1.54, 1.807) is 31.4 Å². The van der Waals surface area contributed by atoms with Gasteiger partial charge in [0.1, 0.15) is 22.8 Å². The van der Waals surface area contributed by atoms with Gasteiger partial charge in [-0.15, -0.1) is 0 Å². The highest BCUT2D eigenvalue weighted by Crippen LogP contribution is 2.31. The van der Waals surface area contributed by atoms with Gasteiger partial charge in [-0.2, -0.15) is 4.98 Å². The van der Waals surface area contributed by atoms with Crippen molar-refractivity contribution in [3.63, 3.8) is 0 Å². The first-order valence-corrected chi connectivity index (χ1v) is 8.03. The summed E-state index contributed by atoms with van der Waals surface area (Å²) >= 11 is 0. The maximum atomic E-state index is 12.1. The number of hydrogen-bond acceptors (Lipinski definition) is 8. The first kappa shape index (κ1) is 18.2. The van der Waals surface area contributed by atoms with Crippen LogP contribution in [0.15, 0.2) is 40.9 Å². The quantitative estimate of drug-likeness (QED) is 0.660. The van der Waals surface area contributed by atoms with Gasteiger partial charge in [0, 0.05) is 6.07 Å². The number of benzene rings is 2. The van der Waals surface area contributed by atoms with Crippen molar-refractivity contribution in [1.82, 2.24) is 10.1 Å². The Morgan fingerprint density at radius 1 is 1.15 bits per heavy atom. The zero-order chi connectivity index (χ0) is 19.4. The molecule has 0 unspecified atom stereocenters. The first-order valence-electron chi connectivity index (χ1n) is 8.03. The molecule has 0 atom stereocenters. The average Bonchev–Trinajstić information content (AvgIpc) is 3.14. The van der Waals surface area contributed by atoms with Crippen LogP contribution in [-0.2, 0) is 11.3 Å². The van der Waals surface area contributed by atoms with Crippen molar-refractivity contribution in [2.75, 3.05) is 14.2 Å². The molecule has 3 rings (SSSR count). The minimum absolute atomic E-state index is 0.0668. The fourth-order valence-electron chi connectivity index (χ4n) is 2.43. The second-order valence-corrected chi connectivity index (χ2v) is 5.67. The number of esters is 1. The SMILES string of the molecule is COc1ccc(-c2noc(COC(=O)c3ccc(C)cc3O)n2)c(OC)c1. The van der Waals surface area contributed by atoms with E-state index >= 15 is 0 Å². The van der Waals surface area contributed by atoms with Crippen LogP contribution < -0.4 is 9.47 Å². The Bertz CT molecular complexity index is 967. The Balaban J connectivity index is 1.72. The largest absolute Gasteiger partial charge is 0.507 e. The third-order valence-electron chi connectivity index (χ3n) is 3.82. The molecule has 0 spiro atoms. The number of phenols is 1. The summed E-state index contributed by atoms with van der Waals surface area (Å²) in [5.74, 6) is 0.722. The van der Waals surface area contributed by atoms with Crippen molar-refractivity contribution in [2.24, 2.45) is 0 Å². The highest BCUT2D eigenvalue weighted by Gasteiger charge is 2.17. The number of carbonyl (C=O) groups excluding carboxylic acids is 1. The molecule has 1 N–H and O–H groups in total. The van der Waals surface area contributed by atoms with E-state index in [9.17, 15) is 9.90 Å². The molecule has 1 heterocycles. The van der Waals surface area contributed by atoms with E-state index < -0.39 is 5.97 Å². The number of hydrogen-bond donors (Lipinski definition) is 1. The van der Waals surface area contributed by atoms with E-state index in [0.29, 0.717) is 22.9 Å². The second kappa shape index (κ2) is 7.77. The molecular formula is C19H18N2O6. The number of carbonyl (C=O) groups is 1. The Kier molecular flexibility index (Phi) is 5.25. The van der Waals surface area contributed by atoms with E-state index in [1.807, 2.05) is 6.92 Å². The fourth-order valence-corrected chi connectivity index (χ4v) is 2.43. The van der Waals surface area contributed by atoms with Crippen molar-refractivity contribution in [3.05, 3.63) is 53.4 Å². The van der Waals surface area contributed by atoms with Crippen LogP contribution in [0.3, 0.4) is 0 Å². The second-order valence-electron chi connectivity index (χ2n) is 5.67. The summed E-state index contributed by atoms with van der Waals surface area (Å²) in [5.41, 5.74) is 1.51. The molecule has 0 aliphatic rings. The molecule has 8 nitrogen and oxygen atoms in total. The Morgan fingerprint density at radius 2 is 1.96 bits per heavy atom. The molecule has 0 aliphatic carbocycles. The van der Waals surface area contributed by atoms with Gasteiger partial charge in [0.05, 0.1) is 19.8 Å². The summed E-state index contributed by atoms with van der Waals surface area (Å²) in [6, 6.07) is 9.87. The van der Waals surface area contributed by atoms with Crippen molar-refractivity contribution in [2.45, 2.75) is 13.5 Å². The maximum absolute atomic E-state index is 12.1. The van der Waals surface area contributed by atoms with Gasteiger partial charge in [-0.05, 0) is 36.8 Å². The molecule has 0 radical (unpaired) electrons. The van der Waals surface area contributed by atoms with Crippen LogP contribution in [0.2, 0.25) is 0 Å². The minimum atomic E-state index is -0.686. The summed E-state index contributed by atoms with van der Waals surface area (Å²) in [6.07, 6.45) is 0. The van der Waals surface area contributed by atoms with E-state index in [4.69, 9.17) is 18.7 Å². The Labute approximate surface area is 155 Å². The van der Waals surface area contributed by atoms with E-state index in [1.165, 1.54) is 19.2 Å². The Morgan fingerprint density at radius 3 is 2.67 bits per heavy atom. The number of aryl methyl sites for hydroxylation is 1. The number of ether oxygens (including phenoxy) is 3.